The third-order valence-electron chi connectivity index (χ3n) is 2.98. The number of azide groups is 1. The van der Waals surface area contributed by atoms with E-state index in [1.807, 2.05) is 0 Å². The molecule has 0 spiro atoms. The number of rotatable bonds is 3. The van der Waals surface area contributed by atoms with Crippen molar-refractivity contribution in [2.24, 2.45) is 5.11 Å². The Morgan fingerprint density at radius 3 is 2.70 bits per heavy atom. The van der Waals surface area contributed by atoms with E-state index in [0.29, 0.717) is 0 Å². The molecule has 9 nitrogen and oxygen atoms in total. The molecular formula is C11H15N3O6. The highest BCUT2D eigenvalue weighted by molar-refractivity contribution is 5.78. The maximum atomic E-state index is 11.8. The molecule has 9 heteroatoms. The van der Waals surface area contributed by atoms with Gasteiger partial charge in [-0.1, -0.05) is 5.11 Å². The molecule has 2 rings (SSSR count). The Kier molecular flexibility index (Phi) is 3.85. The Morgan fingerprint density at radius 1 is 1.45 bits per heavy atom. The summed E-state index contributed by atoms with van der Waals surface area (Å²) in [7, 11) is 0. The van der Waals surface area contributed by atoms with Gasteiger partial charge in [0, 0.05) is 11.8 Å². The predicted octanol–water partition coefficient (Wildman–Crippen LogP) is 0.674. The second-order valence-corrected chi connectivity index (χ2v) is 4.99. The Balaban J connectivity index is 2.20. The van der Waals surface area contributed by atoms with Crippen LogP contribution in [0.5, 0.6) is 0 Å². The zero-order valence-electron chi connectivity index (χ0n) is 11.3. The van der Waals surface area contributed by atoms with Gasteiger partial charge in [0.25, 0.3) is 0 Å². The van der Waals surface area contributed by atoms with Crippen molar-refractivity contribution in [2.45, 2.75) is 50.9 Å². The van der Waals surface area contributed by atoms with E-state index in [4.69, 9.17) is 24.5 Å². The van der Waals surface area contributed by atoms with Gasteiger partial charge in [0.2, 0.25) is 0 Å². The largest absolute Gasteiger partial charge is 0.462 e. The number of hydrogen-bond donors (Lipinski definition) is 0. The zero-order chi connectivity index (χ0) is 14.9. The zero-order valence-corrected chi connectivity index (χ0v) is 11.3. The number of fused-ring (bicyclic) bond motifs is 1. The predicted molar refractivity (Wildman–Crippen MR) is 63.3 cm³/mol. The van der Waals surface area contributed by atoms with Crippen molar-refractivity contribution >= 4 is 11.9 Å². The Morgan fingerprint density at radius 2 is 2.10 bits per heavy atom. The van der Waals surface area contributed by atoms with Crippen LogP contribution in [0, 0.1) is 0 Å². The summed E-state index contributed by atoms with van der Waals surface area (Å²) >= 11 is 0. The van der Waals surface area contributed by atoms with Crippen molar-refractivity contribution in [3.8, 4) is 0 Å². The molecule has 1 unspecified atom stereocenters. The molecule has 2 heterocycles. The Hall–Kier alpha value is -1.83. The molecule has 4 atom stereocenters. The van der Waals surface area contributed by atoms with Crippen LogP contribution in [0.15, 0.2) is 5.11 Å². The lowest BCUT2D eigenvalue weighted by atomic mass is 9.98. The molecule has 0 radical (unpaired) electrons. The lowest BCUT2D eigenvalue weighted by Crippen LogP contribution is -2.54. The van der Waals surface area contributed by atoms with Gasteiger partial charge in [0.1, 0.15) is 18.8 Å². The molecule has 110 valence electrons. The lowest BCUT2D eigenvalue weighted by molar-refractivity contribution is -0.181. The fourth-order valence-electron chi connectivity index (χ4n) is 2.27. The van der Waals surface area contributed by atoms with E-state index in [-0.39, 0.29) is 6.61 Å². The topological polar surface area (TPSA) is 120 Å². The van der Waals surface area contributed by atoms with Gasteiger partial charge in [0.15, 0.2) is 17.9 Å². The molecule has 0 amide bonds. The molecular weight excluding hydrogens is 270 g/mol. The van der Waals surface area contributed by atoms with Gasteiger partial charge in [-0.2, -0.15) is 0 Å². The van der Waals surface area contributed by atoms with Gasteiger partial charge in [-0.3, -0.25) is 9.59 Å². The summed E-state index contributed by atoms with van der Waals surface area (Å²) in [5, 5.41) is 3.40. The third kappa shape index (κ3) is 2.84. The fraction of sp³-hybridized carbons (Fsp3) is 0.818. The van der Waals surface area contributed by atoms with Crippen molar-refractivity contribution in [3.05, 3.63) is 10.4 Å². The highest BCUT2D eigenvalue weighted by Gasteiger charge is 2.55. The van der Waals surface area contributed by atoms with Gasteiger partial charge in [0.05, 0.1) is 0 Å². The number of carbonyl (C=O) groups excluding carboxylic acids is 2. The molecule has 2 fully saturated rings. The summed E-state index contributed by atoms with van der Waals surface area (Å²) in [5.74, 6) is -2.16. The van der Waals surface area contributed by atoms with E-state index >= 15 is 0 Å². The normalized spacial score (nSPS) is 34.6. The first-order valence-electron chi connectivity index (χ1n) is 6.08. The van der Waals surface area contributed by atoms with Crippen LogP contribution in [-0.2, 0) is 28.5 Å². The van der Waals surface area contributed by atoms with Gasteiger partial charge in [-0.15, -0.1) is 0 Å². The number of cyclic esters (lactones) is 1. The summed E-state index contributed by atoms with van der Waals surface area (Å²) in [5.41, 5.74) is 8.51. The van der Waals surface area contributed by atoms with E-state index in [1.165, 1.54) is 6.92 Å². The molecule has 0 N–H and O–H groups in total. The molecule has 2 saturated heterocycles. The summed E-state index contributed by atoms with van der Waals surface area (Å²) < 4.78 is 21.2. The number of ether oxygens (including phenoxy) is 4. The van der Waals surface area contributed by atoms with Crippen LogP contribution < -0.4 is 0 Å². The van der Waals surface area contributed by atoms with Crippen molar-refractivity contribution in [1.29, 1.82) is 0 Å². The van der Waals surface area contributed by atoms with Gasteiger partial charge in [-0.25, -0.2) is 0 Å². The minimum absolute atomic E-state index is 0.134. The van der Waals surface area contributed by atoms with Crippen LogP contribution in [0.2, 0.25) is 0 Å². The molecule has 0 aromatic carbocycles. The SMILES string of the molecule is CC(=O)OC[C@H]1OC(=O)C(N=[N+]=[N-])[C@H]2OC(C)(C)O[C@H]21. The Bertz CT molecular complexity index is 473. The van der Waals surface area contributed by atoms with Gasteiger partial charge in [-0.05, 0) is 19.4 Å². The highest BCUT2D eigenvalue weighted by atomic mass is 16.8. The number of carbonyl (C=O) groups is 2. The molecule has 20 heavy (non-hydrogen) atoms. The maximum absolute atomic E-state index is 11.8. The molecule has 2 aliphatic heterocycles. The average molecular weight is 285 g/mol. The number of hydrogen-bond acceptors (Lipinski definition) is 7. The smallest absolute Gasteiger partial charge is 0.318 e. The lowest BCUT2D eigenvalue weighted by Gasteiger charge is -2.33. The highest BCUT2D eigenvalue weighted by Crippen LogP contribution is 2.37. The maximum Gasteiger partial charge on any atom is 0.318 e. The monoisotopic (exact) mass is 285 g/mol. The first kappa shape index (κ1) is 14.6. The van der Waals surface area contributed by atoms with E-state index in [1.54, 1.807) is 13.8 Å². The average Bonchev–Trinajstić information content (AvgIpc) is 2.66. The standard InChI is InChI=1S/C11H15N3O6/c1-5(15)17-4-6-8-9(20-11(2,3)19-8)7(13-14-12)10(16)18-6/h6-9H,4H2,1-3H3/t6-,7?,8+,9-/m1/s1. The number of esters is 2. The molecule has 0 saturated carbocycles. The summed E-state index contributed by atoms with van der Waals surface area (Å²) in [6.45, 7) is 4.46. The fourth-order valence-corrected chi connectivity index (χ4v) is 2.27. The molecule has 2 aliphatic rings. The first-order chi connectivity index (χ1) is 9.34. The summed E-state index contributed by atoms with van der Waals surface area (Å²) in [6.07, 6.45) is -2.21. The van der Waals surface area contributed by atoms with E-state index < -0.39 is 42.1 Å². The quantitative estimate of drug-likeness (QED) is 0.325. The van der Waals surface area contributed by atoms with Crippen LogP contribution in [0.1, 0.15) is 20.8 Å². The first-order valence-corrected chi connectivity index (χ1v) is 6.08. The second kappa shape index (κ2) is 5.28. The minimum atomic E-state index is -1.11. The molecule has 0 aromatic heterocycles. The molecule has 0 aromatic rings. The summed E-state index contributed by atoms with van der Waals surface area (Å²) in [4.78, 5) is 25.3. The van der Waals surface area contributed by atoms with Crippen molar-refractivity contribution in [2.75, 3.05) is 6.61 Å². The van der Waals surface area contributed by atoms with E-state index in [0.717, 1.165) is 0 Å². The van der Waals surface area contributed by atoms with Gasteiger partial charge >= 0.3 is 11.9 Å². The molecule has 0 bridgehead atoms. The van der Waals surface area contributed by atoms with E-state index in [2.05, 4.69) is 10.0 Å². The van der Waals surface area contributed by atoms with Crippen LogP contribution in [-0.4, -0.2) is 48.7 Å². The number of nitrogens with zero attached hydrogens (tertiary/aromatic N) is 3. The van der Waals surface area contributed by atoms with Crippen molar-refractivity contribution in [1.82, 2.24) is 0 Å². The molecule has 0 aliphatic carbocycles. The van der Waals surface area contributed by atoms with Gasteiger partial charge < -0.3 is 18.9 Å². The van der Waals surface area contributed by atoms with Crippen molar-refractivity contribution in [3.63, 3.8) is 0 Å². The van der Waals surface area contributed by atoms with Crippen LogP contribution in [0.4, 0.5) is 0 Å². The summed E-state index contributed by atoms with van der Waals surface area (Å²) in [6, 6.07) is -1.11. The van der Waals surface area contributed by atoms with Crippen molar-refractivity contribution < 1.29 is 28.5 Å². The van der Waals surface area contributed by atoms with E-state index in [9.17, 15) is 9.59 Å². The van der Waals surface area contributed by atoms with Crippen LogP contribution in [0.25, 0.3) is 10.4 Å². The van der Waals surface area contributed by atoms with Crippen LogP contribution >= 0.6 is 0 Å². The third-order valence-corrected chi connectivity index (χ3v) is 2.98. The van der Waals surface area contributed by atoms with Crippen LogP contribution in [0.3, 0.4) is 0 Å². The second-order valence-electron chi connectivity index (χ2n) is 4.99. The Labute approximate surface area is 114 Å². The minimum Gasteiger partial charge on any atom is -0.462 e.